The Labute approximate surface area is 238 Å². The number of amides is 1. The summed E-state index contributed by atoms with van der Waals surface area (Å²) < 4.78 is 11.7. The lowest BCUT2D eigenvalue weighted by Gasteiger charge is -2.59. The topological polar surface area (TPSA) is 76.2 Å². The van der Waals surface area contributed by atoms with Gasteiger partial charge in [-0.3, -0.25) is 14.4 Å². The predicted molar refractivity (Wildman–Crippen MR) is 155 cm³/mol. The quantitative estimate of drug-likeness (QED) is 0.228. The first-order valence-electron chi connectivity index (χ1n) is 14.6. The number of carbonyl (C=O) groups is 3. The number of unbranched alkanes of at least 4 members (excludes halogenated alkanes) is 2. The number of likely N-dealkylation sites (tertiary alicyclic amines) is 1. The molecule has 1 saturated carbocycles. The number of aryl methyl sites for hydroxylation is 1. The van der Waals surface area contributed by atoms with Crippen LogP contribution in [0.3, 0.4) is 0 Å². The van der Waals surface area contributed by atoms with Crippen molar-refractivity contribution in [3.05, 3.63) is 65.7 Å². The van der Waals surface area contributed by atoms with Crippen LogP contribution in [0.1, 0.15) is 76.3 Å². The molecule has 40 heavy (non-hydrogen) atoms. The van der Waals surface area contributed by atoms with Crippen LogP contribution < -0.4 is 4.74 Å². The second-order valence-electron chi connectivity index (χ2n) is 11.7. The van der Waals surface area contributed by atoms with Crippen molar-refractivity contribution in [2.45, 2.75) is 88.7 Å². The number of piperidine rings is 1. The fraction of sp³-hybridized carbons (Fsp3) is 0.545. The van der Waals surface area contributed by atoms with E-state index in [-0.39, 0.29) is 23.9 Å². The summed E-state index contributed by atoms with van der Waals surface area (Å²) in [5, 5.41) is 0. The normalized spacial score (nSPS) is 24.6. The molecule has 1 saturated heterocycles. The molecule has 7 heteroatoms. The monoisotopic (exact) mass is 548 g/mol. The lowest BCUT2D eigenvalue weighted by molar-refractivity contribution is -0.188. The van der Waals surface area contributed by atoms with Crippen molar-refractivity contribution in [1.82, 2.24) is 9.80 Å². The third-order valence-electron chi connectivity index (χ3n) is 8.91. The van der Waals surface area contributed by atoms with Crippen LogP contribution in [0.5, 0.6) is 5.75 Å². The molecule has 7 nitrogen and oxygen atoms in total. The molecular formula is C33H44N2O5. The van der Waals surface area contributed by atoms with Gasteiger partial charge >= 0.3 is 11.9 Å². The first kappa shape index (κ1) is 29.8. The van der Waals surface area contributed by atoms with Gasteiger partial charge in [0.25, 0.3) is 0 Å². The summed E-state index contributed by atoms with van der Waals surface area (Å²) in [6.45, 7) is 4.33. The molecule has 1 heterocycles. The molecule has 0 aromatic heterocycles. The van der Waals surface area contributed by atoms with E-state index in [4.69, 9.17) is 9.47 Å². The molecular weight excluding hydrogens is 504 g/mol. The summed E-state index contributed by atoms with van der Waals surface area (Å²) in [4.78, 5) is 41.7. The fourth-order valence-electron chi connectivity index (χ4n) is 6.93. The molecule has 3 atom stereocenters. The van der Waals surface area contributed by atoms with Crippen molar-refractivity contribution in [1.29, 1.82) is 0 Å². The minimum atomic E-state index is -0.724. The standard InChI is InChI=1S/C33H44N2O5/c1-25(36)39-30-16-11-15-28(22-30)32-20-21-34(3)24-33(32,40-26(2)37)19-18-29(23-32)35(4)31(38)17-10-6-9-14-27-12-7-5-8-13-27/h5,7-8,11-13,15-16,22,29H,6,9-10,14,17-21,23-24H2,1-4H3. The maximum Gasteiger partial charge on any atom is 0.308 e. The van der Waals surface area contributed by atoms with Crippen molar-refractivity contribution in [2.24, 2.45) is 0 Å². The SMILES string of the molecule is CC(=O)Oc1cccc(C23CCN(C)CC2(OC(C)=O)CCC(N(C)C(=O)CCCCCc2ccccc2)C3)c1. The van der Waals surface area contributed by atoms with Gasteiger partial charge in [-0.25, -0.2) is 0 Å². The molecule has 3 unspecified atom stereocenters. The summed E-state index contributed by atoms with van der Waals surface area (Å²) in [6, 6.07) is 18.1. The Balaban J connectivity index is 1.51. The number of nitrogens with zero attached hydrogens (tertiary/aromatic N) is 2. The molecule has 4 rings (SSSR count). The smallest absolute Gasteiger partial charge is 0.308 e. The minimum Gasteiger partial charge on any atom is -0.457 e. The lowest BCUT2D eigenvalue weighted by atomic mass is 9.55. The molecule has 0 spiro atoms. The number of esters is 2. The van der Waals surface area contributed by atoms with Gasteiger partial charge < -0.3 is 19.3 Å². The van der Waals surface area contributed by atoms with Gasteiger partial charge in [-0.1, -0.05) is 48.9 Å². The van der Waals surface area contributed by atoms with Crippen LogP contribution in [-0.2, 0) is 31.0 Å². The van der Waals surface area contributed by atoms with Gasteiger partial charge in [0.1, 0.15) is 11.4 Å². The molecule has 1 aliphatic heterocycles. The number of ether oxygens (including phenoxy) is 2. The molecule has 0 radical (unpaired) electrons. The third kappa shape index (κ3) is 6.74. The molecule has 0 N–H and O–H groups in total. The van der Waals surface area contributed by atoms with Gasteiger partial charge in [0.15, 0.2) is 0 Å². The van der Waals surface area contributed by atoms with E-state index < -0.39 is 11.0 Å². The second kappa shape index (κ2) is 13.0. The Kier molecular flexibility index (Phi) is 9.67. The lowest BCUT2D eigenvalue weighted by Crippen LogP contribution is -2.68. The summed E-state index contributed by atoms with van der Waals surface area (Å²) >= 11 is 0. The highest BCUT2D eigenvalue weighted by atomic mass is 16.6. The van der Waals surface area contributed by atoms with Crippen LogP contribution in [0.25, 0.3) is 0 Å². The van der Waals surface area contributed by atoms with Crippen molar-refractivity contribution < 1.29 is 23.9 Å². The Morgan fingerprint density at radius 3 is 2.48 bits per heavy atom. The Morgan fingerprint density at radius 1 is 0.975 bits per heavy atom. The Bertz CT molecular complexity index is 1180. The average Bonchev–Trinajstić information content (AvgIpc) is 2.92. The van der Waals surface area contributed by atoms with E-state index in [0.717, 1.165) is 50.6 Å². The van der Waals surface area contributed by atoms with E-state index in [0.29, 0.717) is 31.6 Å². The van der Waals surface area contributed by atoms with Gasteiger partial charge in [-0.05, 0) is 81.8 Å². The zero-order valence-electron chi connectivity index (χ0n) is 24.5. The van der Waals surface area contributed by atoms with Gasteiger partial charge in [-0.15, -0.1) is 0 Å². The average molecular weight is 549 g/mol. The zero-order chi connectivity index (χ0) is 28.8. The maximum atomic E-state index is 13.3. The van der Waals surface area contributed by atoms with E-state index in [2.05, 4.69) is 36.2 Å². The van der Waals surface area contributed by atoms with Crippen molar-refractivity contribution in [3.63, 3.8) is 0 Å². The number of carbonyl (C=O) groups excluding carboxylic acids is 3. The Hall–Kier alpha value is -3.19. The van der Waals surface area contributed by atoms with E-state index in [1.54, 1.807) is 6.07 Å². The first-order chi connectivity index (χ1) is 19.1. The summed E-state index contributed by atoms with van der Waals surface area (Å²) in [6.07, 6.45) is 7.44. The number of likely N-dealkylation sites (N-methyl/N-ethyl adjacent to an activating group) is 1. The summed E-state index contributed by atoms with van der Waals surface area (Å²) in [7, 11) is 3.98. The minimum absolute atomic E-state index is 0.0290. The number of fused-ring (bicyclic) bond motifs is 1. The number of hydrogen-bond donors (Lipinski definition) is 0. The zero-order valence-corrected chi connectivity index (χ0v) is 24.5. The van der Waals surface area contributed by atoms with Crippen LogP contribution in [0, 0.1) is 0 Å². The predicted octanol–water partition coefficient (Wildman–Crippen LogP) is 5.30. The molecule has 1 aliphatic carbocycles. The first-order valence-corrected chi connectivity index (χ1v) is 14.6. The maximum absolute atomic E-state index is 13.3. The molecule has 1 amide bonds. The van der Waals surface area contributed by atoms with E-state index >= 15 is 0 Å². The van der Waals surface area contributed by atoms with E-state index in [1.165, 1.54) is 19.4 Å². The Morgan fingerprint density at radius 2 is 1.75 bits per heavy atom. The van der Waals surface area contributed by atoms with Crippen molar-refractivity contribution in [2.75, 3.05) is 27.2 Å². The fourth-order valence-corrected chi connectivity index (χ4v) is 6.93. The molecule has 2 aromatic carbocycles. The molecule has 2 aliphatic rings. The highest BCUT2D eigenvalue weighted by Gasteiger charge is 2.61. The largest absolute Gasteiger partial charge is 0.457 e. The number of rotatable bonds is 10. The van der Waals surface area contributed by atoms with Crippen molar-refractivity contribution >= 4 is 17.8 Å². The highest BCUT2D eigenvalue weighted by molar-refractivity contribution is 5.76. The van der Waals surface area contributed by atoms with Crippen LogP contribution >= 0.6 is 0 Å². The van der Waals surface area contributed by atoms with Crippen molar-refractivity contribution in [3.8, 4) is 5.75 Å². The van der Waals surface area contributed by atoms with E-state index in [9.17, 15) is 14.4 Å². The van der Waals surface area contributed by atoms with Crippen LogP contribution in [0.15, 0.2) is 54.6 Å². The highest BCUT2D eigenvalue weighted by Crippen LogP contribution is 2.54. The van der Waals surface area contributed by atoms with Gasteiger partial charge in [-0.2, -0.15) is 0 Å². The summed E-state index contributed by atoms with van der Waals surface area (Å²) in [5.74, 6) is -0.0207. The molecule has 216 valence electrons. The number of hydrogen-bond acceptors (Lipinski definition) is 6. The molecule has 0 bridgehead atoms. The van der Waals surface area contributed by atoms with Crippen LogP contribution in [-0.4, -0.2) is 66.5 Å². The van der Waals surface area contributed by atoms with Gasteiger partial charge in [0.05, 0.1) is 0 Å². The van der Waals surface area contributed by atoms with Crippen LogP contribution in [0.2, 0.25) is 0 Å². The molecule has 2 aromatic rings. The van der Waals surface area contributed by atoms with Gasteiger partial charge in [0, 0.05) is 45.3 Å². The van der Waals surface area contributed by atoms with Gasteiger partial charge in [0.2, 0.25) is 5.91 Å². The molecule has 2 fully saturated rings. The third-order valence-corrected chi connectivity index (χ3v) is 8.91. The second-order valence-corrected chi connectivity index (χ2v) is 11.7. The summed E-state index contributed by atoms with van der Waals surface area (Å²) in [5.41, 5.74) is 1.10. The van der Waals surface area contributed by atoms with E-state index in [1.807, 2.05) is 36.2 Å². The van der Waals surface area contributed by atoms with Crippen LogP contribution in [0.4, 0.5) is 0 Å². The number of benzene rings is 2.